The van der Waals surface area contributed by atoms with Gasteiger partial charge in [-0.1, -0.05) is 0 Å². The quantitative estimate of drug-likeness (QED) is 0.671. The SMILES string of the molecule is COCCC[C@@]1(C(=O)O)CCCN(C(=O)CCc2ccc(=O)[nH]n2)C1. The van der Waals surface area contributed by atoms with Gasteiger partial charge in [0, 0.05) is 45.7 Å². The minimum absolute atomic E-state index is 0.0786. The molecule has 0 bridgehead atoms. The van der Waals surface area contributed by atoms with Gasteiger partial charge in [-0.3, -0.25) is 14.4 Å². The lowest BCUT2D eigenvalue weighted by Gasteiger charge is -2.40. The van der Waals surface area contributed by atoms with Gasteiger partial charge in [0.15, 0.2) is 0 Å². The minimum Gasteiger partial charge on any atom is -0.481 e. The Balaban J connectivity index is 1.95. The van der Waals surface area contributed by atoms with E-state index < -0.39 is 11.4 Å². The Morgan fingerprint density at radius 1 is 1.44 bits per heavy atom. The Bertz CT molecular complexity index is 639. The normalized spacial score (nSPS) is 20.4. The molecule has 25 heavy (non-hydrogen) atoms. The third-order valence-corrected chi connectivity index (χ3v) is 4.72. The summed E-state index contributed by atoms with van der Waals surface area (Å²) in [6.45, 7) is 1.34. The largest absolute Gasteiger partial charge is 0.481 e. The van der Waals surface area contributed by atoms with Crippen LogP contribution in [0.15, 0.2) is 16.9 Å². The molecule has 8 heteroatoms. The zero-order chi connectivity index (χ0) is 18.3. The van der Waals surface area contributed by atoms with Crippen LogP contribution in [-0.2, 0) is 20.7 Å². The molecule has 0 spiro atoms. The number of methoxy groups -OCH3 is 1. The molecule has 2 N–H and O–H groups in total. The van der Waals surface area contributed by atoms with Crippen molar-refractivity contribution < 1.29 is 19.4 Å². The van der Waals surface area contributed by atoms with Gasteiger partial charge in [-0.05, 0) is 31.7 Å². The Hall–Kier alpha value is -2.22. The molecule has 0 saturated carbocycles. The predicted molar refractivity (Wildman–Crippen MR) is 90.2 cm³/mol. The van der Waals surface area contributed by atoms with Crippen molar-refractivity contribution in [2.45, 2.75) is 38.5 Å². The van der Waals surface area contributed by atoms with E-state index >= 15 is 0 Å². The summed E-state index contributed by atoms with van der Waals surface area (Å²) in [7, 11) is 1.59. The third-order valence-electron chi connectivity index (χ3n) is 4.72. The molecule has 1 fully saturated rings. The van der Waals surface area contributed by atoms with E-state index in [0.29, 0.717) is 50.9 Å². The number of ether oxygens (including phenoxy) is 1. The highest BCUT2D eigenvalue weighted by molar-refractivity contribution is 5.79. The first-order chi connectivity index (χ1) is 12.0. The molecule has 1 aromatic rings. The van der Waals surface area contributed by atoms with Crippen molar-refractivity contribution in [3.05, 3.63) is 28.2 Å². The molecule has 0 radical (unpaired) electrons. The smallest absolute Gasteiger partial charge is 0.311 e. The topological polar surface area (TPSA) is 113 Å². The summed E-state index contributed by atoms with van der Waals surface area (Å²) in [5, 5.41) is 15.9. The molecule has 1 saturated heterocycles. The third kappa shape index (κ3) is 5.12. The summed E-state index contributed by atoms with van der Waals surface area (Å²) >= 11 is 0. The van der Waals surface area contributed by atoms with Gasteiger partial charge in [-0.25, -0.2) is 5.10 Å². The first-order valence-electron chi connectivity index (χ1n) is 8.51. The maximum atomic E-state index is 12.5. The van der Waals surface area contributed by atoms with E-state index in [2.05, 4.69) is 10.2 Å². The van der Waals surface area contributed by atoms with Gasteiger partial charge >= 0.3 is 5.97 Å². The van der Waals surface area contributed by atoms with Crippen molar-refractivity contribution in [1.82, 2.24) is 15.1 Å². The standard InChI is InChI=1S/C17H25N3O5/c1-25-11-3-9-17(16(23)24)8-2-10-20(12-17)15(22)7-5-13-4-6-14(21)19-18-13/h4,6H,2-3,5,7-12H2,1H3,(H,19,21)(H,23,24)/t17-/m0/s1. The number of carboxylic acids is 1. The first kappa shape index (κ1) is 19.1. The summed E-state index contributed by atoms with van der Waals surface area (Å²) in [6.07, 6.45) is 3.08. The summed E-state index contributed by atoms with van der Waals surface area (Å²) in [6, 6.07) is 2.97. The Morgan fingerprint density at radius 3 is 2.88 bits per heavy atom. The summed E-state index contributed by atoms with van der Waals surface area (Å²) in [5.74, 6) is -0.923. The van der Waals surface area contributed by atoms with E-state index in [0.717, 1.165) is 0 Å². The van der Waals surface area contributed by atoms with Crippen molar-refractivity contribution in [1.29, 1.82) is 0 Å². The van der Waals surface area contributed by atoms with Crippen LogP contribution in [0.1, 0.15) is 37.8 Å². The number of likely N-dealkylation sites (tertiary alicyclic amines) is 1. The van der Waals surface area contributed by atoms with Gasteiger partial charge in [0.1, 0.15) is 0 Å². The molecule has 2 rings (SSSR count). The van der Waals surface area contributed by atoms with Crippen molar-refractivity contribution in [2.75, 3.05) is 26.8 Å². The number of piperidine rings is 1. The fourth-order valence-corrected chi connectivity index (χ4v) is 3.29. The molecule has 0 unspecified atom stereocenters. The zero-order valence-electron chi connectivity index (χ0n) is 14.5. The van der Waals surface area contributed by atoms with Crippen LogP contribution >= 0.6 is 0 Å². The van der Waals surface area contributed by atoms with Crippen LogP contribution in [-0.4, -0.2) is 58.9 Å². The Morgan fingerprint density at radius 2 is 2.24 bits per heavy atom. The van der Waals surface area contributed by atoms with Gasteiger partial charge in [0.25, 0.3) is 5.56 Å². The second-order valence-electron chi connectivity index (χ2n) is 6.51. The number of hydrogen-bond acceptors (Lipinski definition) is 5. The average molecular weight is 351 g/mol. The molecule has 1 aliphatic rings. The van der Waals surface area contributed by atoms with Crippen LogP contribution in [0.5, 0.6) is 0 Å². The monoisotopic (exact) mass is 351 g/mol. The summed E-state index contributed by atoms with van der Waals surface area (Å²) < 4.78 is 5.02. The van der Waals surface area contributed by atoms with Crippen LogP contribution in [0.25, 0.3) is 0 Å². The van der Waals surface area contributed by atoms with Crippen LogP contribution in [0.3, 0.4) is 0 Å². The molecule has 0 aliphatic carbocycles. The van der Waals surface area contributed by atoms with Crippen molar-refractivity contribution in [2.24, 2.45) is 5.41 Å². The molecule has 138 valence electrons. The fraction of sp³-hybridized carbons (Fsp3) is 0.647. The van der Waals surface area contributed by atoms with Gasteiger partial charge < -0.3 is 14.7 Å². The van der Waals surface area contributed by atoms with Gasteiger partial charge in [0.2, 0.25) is 5.91 Å². The van der Waals surface area contributed by atoms with E-state index in [9.17, 15) is 19.5 Å². The summed E-state index contributed by atoms with van der Waals surface area (Å²) in [5.41, 5.74) is -0.536. The molecule has 1 atom stereocenters. The van der Waals surface area contributed by atoms with Gasteiger partial charge in [0.05, 0.1) is 11.1 Å². The molecular formula is C17H25N3O5. The van der Waals surface area contributed by atoms with Gasteiger partial charge in [-0.15, -0.1) is 0 Å². The molecule has 2 heterocycles. The number of aromatic amines is 1. The second kappa shape index (κ2) is 8.75. The van der Waals surface area contributed by atoms with Gasteiger partial charge in [-0.2, -0.15) is 5.10 Å². The van der Waals surface area contributed by atoms with E-state index in [1.54, 1.807) is 18.1 Å². The lowest BCUT2D eigenvalue weighted by atomic mass is 9.76. The van der Waals surface area contributed by atoms with E-state index in [-0.39, 0.29) is 24.4 Å². The van der Waals surface area contributed by atoms with Crippen molar-refractivity contribution >= 4 is 11.9 Å². The van der Waals surface area contributed by atoms with E-state index in [4.69, 9.17) is 4.74 Å². The lowest BCUT2D eigenvalue weighted by molar-refractivity contribution is -0.155. The zero-order valence-corrected chi connectivity index (χ0v) is 14.5. The molecular weight excluding hydrogens is 326 g/mol. The number of H-pyrrole nitrogens is 1. The van der Waals surface area contributed by atoms with Crippen LogP contribution in [0.2, 0.25) is 0 Å². The Kier molecular flexibility index (Phi) is 6.69. The van der Waals surface area contributed by atoms with Crippen LogP contribution in [0.4, 0.5) is 0 Å². The minimum atomic E-state index is -0.886. The summed E-state index contributed by atoms with van der Waals surface area (Å²) in [4.78, 5) is 37.0. The number of nitrogens with zero attached hydrogens (tertiary/aromatic N) is 2. The number of carbonyl (C=O) groups is 2. The average Bonchev–Trinajstić information content (AvgIpc) is 2.61. The number of aliphatic carboxylic acids is 1. The molecule has 1 amide bonds. The Labute approximate surface area is 146 Å². The first-order valence-corrected chi connectivity index (χ1v) is 8.51. The van der Waals surface area contributed by atoms with Crippen LogP contribution in [0, 0.1) is 5.41 Å². The van der Waals surface area contributed by atoms with Crippen molar-refractivity contribution in [3.63, 3.8) is 0 Å². The number of aromatic nitrogens is 2. The van der Waals surface area contributed by atoms with Crippen LogP contribution < -0.4 is 5.56 Å². The second-order valence-corrected chi connectivity index (χ2v) is 6.51. The number of hydrogen-bond donors (Lipinski definition) is 2. The number of aryl methyl sites for hydroxylation is 1. The predicted octanol–water partition coefficient (Wildman–Crippen LogP) is 0.823. The van der Waals surface area contributed by atoms with E-state index in [1.165, 1.54) is 6.07 Å². The highest BCUT2D eigenvalue weighted by atomic mass is 16.5. The maximum absolute atomic E-state index is 12.5. The number of carboxylic acid groups (broad SMARTS) is 1. The number of amides is 1. The molecule has 0 aromatic carbocycles. The lowest BCUT2D eigenvalue weighted by Crippen LogP contribution is -2.50. The highest BCUT2D eigenvalue weighted by Crippen LogP contribution is 2.35. The van der Waals surface area contributed by atoms with E-state index in [1.807, 2.05) is 0 Å². The highest BCUT2D eigenvalue weighted by Gasteiger charge is 2.42. The maximum Gasteiger partial charge on any atom is 0.311 e. The molecule has 1 aliphatic heterocycles. The number of rotatable bonds is 8. The fourth-order valence-electron chi connectivity index (χ4n) is 3.29. The molecule has 8 nitrogen and oxygen atoms in total. The number of carbonyl (C=O) groups excluding carboxylic acids is 1. The van der Waals surface area contributed by atoms with Crippen molar-refractivity contribution in [3.8, 4) is 0 Å². The molecule has 1 aromatic heterocycles. The number of nitrogens with one attached hydrogen (secondary N) is 1.